The number of fused-ring (bicyclic) bond motifs is 1. The van der Waals surface area contributed by atoms with E-state index in [0.29, 0.717) is 13.1 Å². The molecule has 0 saturated heterocycles. The first kappa shape index (κ1) is 15.4. The van der Waals surface area contributed by atoms with Crippen LogP contribution in [0.15, 0.2) is 48.8 Å². The Morgan fingerprint density at radius 1 is 1.28 bits per heavy atom. The lowest BCUT2D eigenvalue weighted by atomic mass is 10.0. The van der Waals surface area contributed by atoms with Crippen LogP contribution in [-0.4, -0.2) is 37.3 Å². The van der Waals surface area contributed by atoms with Gasteiger partial charge in [-0.15, -0.1) is 0 Å². The first-order chi connectivity index (χ1) is 12.2. The number of hydrogen-bond donors (Lipinski definition) is 1. The molecule has 6 heteroatoms. The van der Waals surface area contributed by atoms with Gasteiger partial charge in [-0.2, -0.15) is 10.2 Å². The van der Waals surface area contributed by atoms with Crippen LogP contribution >= 0.6 is 0 Å². The van der Waals surface area contributed by atoms with E-state index in [1.54, 1.807) is 23.0 Å². The molecule has 6 nitrogen and oxygen atoms in total. The third-order valence-electron chi connectivity index (χ3n) is 4.44. The predicted octanol–water partition coefficient (Wildman–Crippen LogP) is 2.41. The zero-order valence-electron chi connectivity index (χ0n) is 14.0. The van der Waals surface area contributed by atoms with E-state index in [9.17, 15) is 4.79 Å². The fourth-order valence-electron chi connectivity index (χ4n) is 3.12. The number of aromatic nitrogens is 4. The van der Waals surface area contributed by atoms with Crippen LogP contribution in [0.2, 0.25) is 0 Å². The number of amides is 1. The molecule has 25 heavy (non-hydrogen) atoms. The highest BCUT2D eigenvalue weighted by atomic mass is 16.2. The summed E-state index contributed by atoms with van der Waals surface area (Å²) < 4.78 is 1.72. The Kier molecular flexibility index (Phi) is 3.93. The van der Waals surface area contributed by atoms with Crippen molar-refractivity contribution in [2.24, 2.45) is 7.05 Å². The van der Waals surface area contributed by atoms with Gasteiger partial charge in [0, 0.05) is 61.2 Å². The summed E-state index contributed by atoms with van der Waals surface area (Å²) in [6, 6.07) is 10.1. The normalized spacial score (nSPS) is 14.0. The summed E-state index contributed by atoms with van der Waals surface area (Å²) in [7, 11) is 1.86. The van der Waals surface area contributed by atoms with Gasteiger partial charge in [0.25, 0.3) is 0 Å². The van der Waals surface area contributed by atoms with Crippen molar-refractivity contribution >= 4 is 12.0 Å². The number of nitrogens with one attached hydrogen (secondary N) is 1. The molecule has 126 valence electrons. The van der Waals surface area contributed by atoms with Crippen molar-refractivity contribution in [3.8, 4) is 11.3 Å². The topological polar surface area (TPSA) is 66.8 Å². The van der Waals surface area contributed by atoms with Crippen LogP contribution < -0.4 is 0 Å². The molecule has 1 aliphatic rings. The van der Waals surface area contributed by atoms with Gasteiger partial charge in [-0.3, -0.25) is 14.6 Å². The molecule has 0 unspecified atom stereocenters. The first-order valence-corrected chi connectivity index (χ1v) is 8.28. The smallest absolute Gasteiger partial charge is 0.246 e. The highest BCUT2D eigenvalue weighted by molar-refractivity contribution is 5.92. The number of hydrogen-bond acceptors (Lipinski definition) is 3. The van der Waals surface area contributed by atoms with Gasteiger partial charge in [0.2, 0.25) is 5.91 Å². The first-order valence-electron chi connectivity index (χ1n) is 8.28. The number of carbonyl (C=O) groups excluding carboxylic acids is 1. The summed E-state index contributed by atoms with van der Waals surface area (Å²) in [5.74, 6) is 0.00900. The second-order valence-electron chi connectivity index (χ2n) is 6.19. The van der Waals surface area contributed by atoms with Crippen LogP contribution in [0.1, 0.15) is 16.8 Å². The van der Waals surface area contributed by atoms with Gasteiger partial charge >= 0.3 is 0 Å². The molecular formula is C19H19N5O. The van der Waals surface area contributed by atoms with Crippen LogP contribution in [-0.2, 0) is 24.8 Å². The largest absolute Gasteiger partial charge is 0.334 e. The minimum atomic E-state index is 0.00900. The lowest BCUT2D eigenvalue weighted by molar-refractivity contribution is -0.126. The van der Waals surface area contributed by atoms with Crippen molar-refractivity contribution in [1.82, 2.24) is 24.9 Å². The van der Waals surface area contributed by atoms with E-state index < -0.39 is 0 Å². The Labute approximate surface area is 145 Å². The van der Waals surface area contributed by atoms with Gasteiger partial charge in [0.05, 0.1) is 11.9 Å². The van der Waals surface area contributed by atoms with Crippen molar-refractivity contribution in [3.05, 3.63) is 65.6 Å². The minimum absolute atomic E-state index is 0.00900. The maximum absolute atomic E-state index is 12.5. The van der Waals surface area contributed by atoms with E-state index in [1.165, 1.54) is 0 Å². The lowest BCUT2D eigenvalue weighted by Gasteiger charge is -2.26. The Bertz CT molecular complexity index is 922. The number of aryl methyl sites for hydroxylation is 1. The average Bonchev–Trinajstić information content (AvgIpc) is 3.26. The minimum Gasteiger partial charge on any atom is -0.334 e. The zero-order valence-corrected chi connectivity index (χ0v) is 14.0. The summed E-state index contributed by atoms with van der Waals surface area (Å²) in [5, 5.41) is 11.7. The highest BCUT2D eigenvalue weighted by Crippen LogP contribution is 2.28. The fourth-order valence-corrected chi connectivity index (χ4v) is 3.12. The molecule has 0 saturated carbocycles. The molecule has 0 bridgehead atoms. The summed E-state index contributed by atoms with van der Waals surface area (Å²) >= 11 is 0. The number of aromatic amines is 1. The zero-order chi connectivity index (χ0) is 17.2. The van der Waals surface area contributed by atoms with Crippen LogP contribution in [0.4, 0.5) is 0 Å². The van der Waals surface area contributed by atoms with E-state index >= 15 is 0 Å². The van der Waals surface area contributed by atoms with E-state index in [-0.39, 0.29) is 5.91 Å². The van der Waals surface area contributed by atoms with E-state index in [1.807, 2.05) is 48.5 Å². The highest BCUT2D eigenvalue weighted by Gasteiger charge is 2.24. The maximum Gasteiger partial charge on any atom is 0.246 e. The molecule has 0 radical (unpaired) electrons. The van der Waals surface area contributed by atoms with E-state index in [0.717, 1.165) is 34.5 Å². The molecule has 2 aromatic heterocycles. The van der Waals surface area contributed by atoms with Gasteiger partial charge in [-0.05, 0) is 6.08 Å². The summed E-state index contributed by atoms with van der Waals surface area (Å²) in [6.07, 6.45) is 7.83. The summed E-state index contributed by atoms with van der Waals surface area (Å²) in [5.41, 5.74) is 5.16. The number of rotatable bonds is 3. The molecular weight excluding hydrogens is 314 g/mol. The fraction of sp³-hybridized carbons (Fsp3) is 0.211. The molecule has 4 rings (SSSR count). The van der Waals surface area contributed by atoms with Crippen LogP contribution in [0.5, 0.6) is 0 Å². The average molecular weight is 333 g/mol. The number of benzene rings is 1. The monoisotopic (exact) mass is 333 g/mol. The molecule has 0 spiro atoms. The maximum atomic E-state index is 12.5. The molecule has 1 aromatic carbocycles. The van der Waals surface area contributed by atoms with Crippen LogP contribution in [0, 0.1) is 0 Å². The second-order valence-corrected chi connectivity index (χ2v) is 6.19. The van der Waals surface area contributed by atoms with Crippen LogP contribution in [0.3, 0.4) is 0 Å². The Morgan fingerprint density at radius 3 is 2.88 bits per heavy atom. The molecule has 0 aliphatic carbocycles. The summed E-state index contributed by atoms with van der Waals surface area (Å²) in [6.45, 7) is 1.27. The quantitative estimate of drug-likeness (QED) is 0.749. The molecule has 3 heterocycles. The molecule has 0 fully saturated rings. The Morgan fingerprint density at radius 2 is 2.12 bits per heavy atom. The second kappa shape index (κ2) is 6.39. The summed E-state index contributed by atoms with van der Waals surface area (Å²) in [4.78, 5) is 14.4. The molecule has 0 atom stereocenters. The van der Waals surface area contributed by atoms with Crippen molar-refractivity contribution in [2.75, 3.05) is 6.54 Å². The van der Waals surface area contributed by atoms with Gasteiger partial charge in [0.1, 0.15) is 0 Å². The van der Waals surface area contributed by atoms with Crippen molar-refractivity contribution < 1.29 is 4.79 Å². The number of nitrogens with zero attached hydrogens (tertiary/aromatic N) is 4. The third kappa shape index (κ3) is 3.10. The SMILES string of the molecule is Cn1cc(/C=C/C(=O)N2CCc3[nH]nc(-c4ccccc4)c3C2)cn1. The molecule has 1 N–H and O–H groups in total. The van der Waals surface area contributed by atoms with E-state index in [4.69, 9.17) is 0 Å². The van der Waals surface area contributed by atoms with Gasteiger partial charge < -0.3 is 4.90 Å². The van der Waals surface area contributed by atoms with E-state index in [2.05, 4.69) is 15.3 Å². The van der Waals surface area contributed by atoms with Crippen molar-refractivity contribution in [2.45, 2.75) is 13.0 Å². The third-order valence-corrected chi connectivity index (χ3v) is 4.44. The number of H-pyrrole nitrogens is 1. The number of carbonyl (C=O) groups is 1. The van der Waals surface area contributed by atoms with Crippen LogP contribution in [0.25, 0.3) is 17.3 Å². The van der Waals surface area contributed by atoms with Gasteiger partial charge in [0.15, 0.2) is 0 Å². The molecule has 3 aromatic rings. The standard InChI is InChI=1S/C19H19N5O/c1-23-12-14(11-20-23)7-8-18(25)24-10-9-17-16(13-24)19(22-21-17)15-5-3-2-4-6-15/h2-8,11-12H,9-10,13H2,1H3,(H,21,22)/b8-7+. The lowest BCUT2D eigenvalue weighted by Crippen LogP contribution is -2.34. The van der Waals surface area contributed by atoms with Gasteiger partial charge in [-0.25, -0.2) is 0 Å². The molecule has 1 amide bonds. The predicted molar refractivity (Wildman–Crippen MR) is 95.4 cm³/mol. The van der Waals surface area contributed by atoms with Crippen molar-refractivity contribution in [3.63, 3.8) is 0 Å². The Hall–Kier alpha value is -3.15. The van der Waals surface area contributed by atoms with Crippen molar-refractivity contribution in [1.29, 1.82) is 0 Å². The van der Waals surface area contributed by atoms with Gasteiger partial charge in [-0.1, -0.05) is 30.3 Å². The molecule has 1 aliphatic heterocycles. The Balaban J connectivity index is 1.53.